The van der Waals surface area contributed by atoms with Gasteiger partial charge in [0.25, 0.3) is 0 Å². The molecule has 0 aliphatic carbocycles. The fraction of sp³-hybridized carbons (Fsp3) is 0.500. The molecule has 1 heterocycles. The predicted octanol–water partition coefficient (Wildman–Crippen LogP) is 2.62. The second-order valence-corrected chi connectivity index (χ2v) is 5.07. The molecule has 6 heteroatoms. The van der Waals surface area contributed by atoms with Gasteiger partial charge in [0.05, 0.1) is 5.69 Å². The molecular formula is C14H19F2N3O. The maximum atomic E-state index is 13.4. The molecule has 2 amide bonds. The van der Waals surface area contributed by atoms with Crippen LogP contribution < -0.4 is 16.0 Å². The Hall–Kier alpha value is -1.69. The van der Waals surface area contributed by atoms with E-state index in [1.807, 2.05) is 6.92 Å². The van der Waals surface area contributed by atoms with Crippen LogP contribution in [0, 0.1) is 11.6 Å². The molecule has 1 aliphatic rings. The summed E-state index contributed by atoms with van der Waals surface area (Å²) in [5.74, 6) is -1.46. The number of benzene rings is 1. The third-order valence-corrected chi connectivity index (χ3v) is 3.49. The largest absolute Gasteiger partial charge is 0.334 e. The first-order chi connectivity index (χ1) is 9.56. The number of anilines is 1. The minimum absolute atomic E-state index is 0.0345. The van der Waals surface area contributed by atoms with Gasteiger partial charge in [-0.3, -0.25) is 0 Å². The van der Waals surface area contributed by atoms with Crippen LogP contribution in [-0.2, 0) is 0 Å². The van der Waals surface area contributed by atoms with E-state index in [9.17, 15) is 13.6 Å². The highest BCUT2D eigenvalue weighted by atomic mass is 19.1. The van der Waals surface area contributed by atoms with Crippen molar-refractivity contribution >= 4 is 11.7 Å². The lowest BCUT2D eigenvalue weighted by atomic mass is 9.99. The molecule has 4 nitrogen and oxygen atoms in total. The molecule has 110 valence electrons. The molecule has 0 saturated carbocycles. The summed E-state index contributed by atoms with van der Waals surface area (Å²) in [5, 5.41) is 8.50. The molecule has 1 fully saturated rings. The first kappa shape index (κ1) is 14.7. The number of hydrogen-bond donors (Lipinski definition) is 3. The molecule has 20 heavy (non-hydrogen) atoms. The Morgan fingerprint density at radius 1 is 1.40 bits per heavy atom. The molecule has 1 saturated heterocycles. The number of nitrogens with one attached hydrogen (secondary N) is 3. The summed E-state index contributed by atoms with van der Waals surface area (Å²) in [6.45, 7) is 2.86. The van der Waals surface area contributed by atoms with Gasteiger partial charge in [-0.1, -0.05) is 6.42 Å². The van der Waals surface area contributed by atoms with E-state index >= 15 is 0 Å². The average Bonchev–Trinajstić information content (AvgIpc) is 2.43. The van der Waals surface area contributed by atoms with Crippen LogP contribution in [-0.4, -0.2) is 24.7 Å². The SMILES string of the molecule is CC(NC(=O)Nc1ccc(F)cc1F)C1CCCCN1. The lowest BCUT2D eigenvalue weighted by Crippen LogP contribution is -2.51. The summed E-state index contributed by atoms with van der Waals surface area (Å²) in [6, 6.07) is 2.72. The van der Waals surface area contributed by atoms with Gasteiger partial charge in [-0.05, 0) is 38.4 Å². The highest BCUT2D eigenvalue weighted by molar-refractivity contribution is 5.89. The minimum Gasteiger partial charge on any atom is -0.334 e. The Balaban J connectivity index is 1.88. The summed E-state index contributed by atoms with van der Waals surface area (Å²) >= 11 is 0. The first-order valence-corrected chi connectivity index (χ1v) is 6.82. The summed E-state index contributed by atoms with van der Waals surface area (Å²) in [6.07, 6.45) is 3.29. The van der Waals surface area contributed by atoms with E-state index in [-0.39, 0.29) is 17.8 Å². The molecule has 0 spiro atoms. The number of halogens is 2. The monoisotopic (exact) mass is 283 g/mol. The molecule has 3 N–H and O–H groups in total. The van der Waals surface area contributed by atoms with Crippen molar-refractivity contribution < 1.29 is 13.6 Å². The van der Waals surface area contributed by atoms with Gasteiger partial charge in [0.2, 0.25) is 0 Å². The molecule has 0 aromatic heterocycles. The number of carbonyl (C=O) groups is 1. The van der Waals surface area contributed by atoms with Gasteiger partial charge in [0.1, 0.15) is 11.6 Å². The predicted molar refractivity (Wildman–Crippen MR) is 73.6 cm³/mol. The molecule has 2 rings (SSSR count). The van der Waals surface area contributed by atoms with E-state index in [2.05, 4.69) is 16.0 Å². The van der Waals surface area contributed by atoms with Gasteiger partial charge in [-0.25, -0.2) is 13.6 Å². The number of rotatable bonds is 3. The number of piperidine rings is 1. The van der Waals surface area contributed by atoms with Crippen molar-refractivity contribution in [1.82, 2.24) is 10.6 Å². The van der Waals surface area contributed by atoms with Crippen LogP contribution in [0.25, 0.3) is 0 Å². The highest BCUT2D eigenvalue weighted by Crippen LogP contribution is 2.15. The summed E-state index contributed by atoms with van der Waals surface area (Å²) in [4.78, 5) is 11.8. The molecule has 1 aromatic carbocycles. The number of urea groups is 1. The van der Waals surface area contributed by atoms with Gasteiger partial charge >= 0.3 is 6.03 Å². The minimum atomic E-state index is -0.788. The molecule has 0 radical (unpaired) electrons. The third-order valence-electron chi connectivity index (χ3n) is 3.49. The van der Waals surface area contributed by atoms with Gasteiger partial charge in [-0.2, -0.15) is 0 Å². The molecule has 0 bridgehead atoms. The van der Waals surface area contributed by atoms with Crippen molar-refractivity contribution in [2.45, 2.75) is 38.3 Å². The van der Waals surface area contributed by atoms with Crippen LogP contribution in [0.5, 0.6) is 0 Å². The summed E-state index contributed by atoms with van der Waals surface area (Å²) in [5.41, 5.74) is -0.0345. The molecular weight excluding hydrogens is 264 g/mol. The maximum absolute atomic E-state index is 13.4. The van der Waals surface area contributed by atoms with E-state index in [1.165, 1.54) is 6.07 Å². The second kappa shape index (κ2) is 6.65. The van der Waals surface area contributed by atoms with Crippen molar-refractivity contribution in [2.75, 3.05) is 11.9 Å². The van der Waals surface area contributed by atoms with Crippen LogP contribution in [0.2, 0.25) is 0 Å². The van der Waals surface area contributed by atoms with Crippen LogP contribution in [0.3, 0.4) is 0 Å². The lowest BCUT2D eigenvalue weighted by molar-refractivity contribution is 0.242. The molecule has 2 unspecified atom stereocenters. The fourth-order valence-corrected chi connectivity index (χ4v) is 2.36. The second-order valence-electron chi connectivity index (χ2n) is 5.07. The van der Waals surface area contributed by atoms with Gasteiger partial charge in [0, 0.05) is 18.2 Å². The number of hydrogen-bond acceptors (Lipinski definition) is 2. The smallest absolute Gasteiger partial charge is 0.319 e. The molecule has 2 atom stereocenters. The highest BCUT2D eigenvalue weighted by Gasteiger charge is 2.21. The molecule has 1 aliphatic heterocycles. The van der Waals surface area contributed by atoms with Crippen molar-refractivity contribution in [3.8, 4) is 0 Å². The van der Waals surface area contributed by atoms with Crippen LogP contribution in [0.15, 0.2) is 18.2 Å². The van der Waals surface area contributed by atoms with Gasteiger partial charge in [-0.15, -0.1) is 0 Å². The van der Waals surface area contributed by atoms with E-state index in [4.69, 9.17) is 0 Å². The van der Waals surface area contributed by atoms with Gasteiger partial charge in [0.15, 0.2) is 0 Å². The maximum Gasteiger partial charge on any atom is 0.319 e. The standard InChI is InChI=1S/C14H19F2N3O/c1-9(12-4-2-3-7-17-12)18-14(20)19-13-6-5-10(15)8-11(13)16/h5-6,8-9,12,17H,2-4,7H2,1H3,(H2,18,19,20). The Labute approximate surface area is 116 Å². The lowest BCUT2D eigenvalue weighted by Gasteiger charge is -2.29. The van der Waals surface area contributed by atoms with Crippen LogP contribution in [0.1, 0.15) is 26.2 Å². The summed E-state index contributed by atoms with van der Waals surface area (Å²) < 4.78 is 26.2. The topological polar surface area (TPSA) is 53.2 Å². The van der Waals surface area contributed by atoms with E-state index < -0.39 is 17.7 Å². The number of carbonyl (C=O) groups excluding carboxylic acids is 1. The summed E-state index contributed by atoms with van der Waals surface area (Å²) in [7, 11) is 0. The van der Waals surface area contributed by atoms with Crippen molar-refractivity contribution in [3.63, 3.8) is 0 Å². The zero-order valence-corrected chi connectivity index (χ0v) is 11.4. The van der Waals surface area contributed by atoms with Crippen molar-refractivity contribution in [2.24, 2.45) is 0 Å². The van der Waals surface area contributed by atoms with E-state index in [0.29, 0.717) is 0 Å². The Kier molecular flexibility index (Phi) is 4.89. The zero-order valence-electron chi connectivity index (χ0n) is 11.4. The fourth-order valence-electron chi connectivity index (χ4n) is 2.36. The third kappa shape index (κ3) is 3.90. The van der Waals surface area contributed by atoms with E-state index in [0.717, 1.165) is 37.9 Å². The zero-order chi connectivity index (χ0) is 14.5. The molecule has 1 aromatic rings. The number of amides is 2. The van der Waals surface area contributed by atoms with Crippen molar-refractivity contribution in [1.29, 1.82) is 0 Å². The Morgan fingerprint density at radius 2 is 2.20 bits per heavy atom. The van der Waals surface area contributed by atoms with Gasteiger partial charge < -0.3 is 16.0 Å². The van der Waals surface area contributed by atoms with Crippen LogP contribution >= 0.6 is 0 Å². The first-order valence-electron chi connectivity index (χ1n) is 6.82. The van der Waals surface area contributed by atoms with Crippen molar-refractivity contribution in [3.05, 3.63) is 29.8 Å². The Bertz CT molecular complexity index is 475. The quantitative estimate of drug-likeness (QED) is 0.798. The van der Waals surface area contributed by atoms with E-state index in [1.54, 1.807) is 0 Å². The average molecular weight is 283 g/mol. The van der Waals surface area contributed by atoms with Crippen LogP contribution in [0.4, 0.5) is 19.3 Å². The Morgan fingerprint density at radius 3 is 2.85 bits per heavy atom. The normalized spacial score (nSPS) is 20.2.